The molecule has 0 spiro atoms. The molecule has 0 heterocycles. The highest BCUT2D eigenvalue weighted by molar-refractivity contribution is 5.67. The molecule has 2 fully saturated rings. The van der Waals surface area contributed by atoms with E-state index in [9.17, 15) is 15.0 Å². The van der Waals surface area contributed by atoms with Crippen molar-refractivity contribution in [2.75, 3.05) is 0 Å². The van der Waals surface area contributed by atoms with Gasteiger partial charge in [0.2, 0.25) is 0 Å². The van der Waals surface area contributed by atoms with E-state index in [1.807, 2.05) is 48.5 Å². The zero-order chi connectivity index (χ0) is 34.3. The normalized spacial score (nSPS) is 26.4. The van der Waals surface area contributed by atoms with Gasteiger partial charge in [-0.05, 0) is 132 Å². The standard InChI is InChI=1S/C43H50O5/c1-29-23-40(3,4)27-42(25-29,31-7-15-35(44)16-8-31)33-11-19-37(20-12-33)47-39(46)48-38-21-13-34(14-22-38)43(32-9-17-36(45)18-10-32)26-30(2)24-41(5,6)28-43/h7-22,29-30,44-45H,23-28H2,1-6H3. The van der Waals surface area contributed by atoms with Crippen LogP contribution in [0.4, 0.5) is 4.79 Å². The molecule has 0 aromatic heterocycles. The summed E-state index contributed by atoms with van der Waals surface area (Å²) in [5, 5.41) is 20.0. The van der Waals surface area contributed by atoms with E-state index in [4.69, 9.17) is 9.47 Å². The van der Waals surface area contributed by atoms with Crippen LogP contribution in [0.3, 0.4) is 0 Å². The smallest absolute Gasteiger partial charge is 0.508 e. The van der Waals surface area contributed by atoms with Crippen LogP contribution in [0.25, 0.3) is 0 Å². The van der Waals surface area contributed by atoms with Crippen LogP contribution in [-0.2, 0) is 10.8 Å². The lowest BCUT2D eigenvalue weighted by Gasteiger charge is -2.48. The summed E-state index contributed by atoms with van der Waals surface area (Å²) in [6, 6.07) is 30.9. The van der Waals surface area contributed by atoms with Gasteiger partial charge in [0, 0.05) is 10.8 Å². The minimum atomic E-state index is -0.781. The lowest BCUT2D eigenvalue weighted by molar-refractivity contribution is 0.126. The van der Waals surface area contributed by atoms with E-state index in [0.717, 1.165) is 38.5 Å². The van der Waals surface area contributed by atoms with Crippen molar-refractivity contribution in [2.24, 2.45) is 22.7 Å². The summed E-state index contributed by atoms with van der Waals surface area (Å²) in [6.07, 6.45) is 5.52. The lowest BCUT2D eigenvalue weighted by Crippen LogP contribution is -2.41. The molecule has 0 saturated heterocycles. The molecular formula is C43H50O5. The van der Waals surface area contributed by atoms with Crippen molar-refractivity contribution in [2.45, 2.75) is 90.9 Å². The number of hydrogen-bond donors (Lipinski definition) is 2. The van der Waals surface area contributed by atoms with Gasteiger partial charge in [-0.3, -0.25) is 0 Å². The minimum Gasteiger partial charge on any atom is -0.508 e. The molecule has 0 bridgehead atoms. The molecule has 5 nitrogen and oxygen atoms in total. The van der Waals surface area contributed by atoms with Gasteiger partial charge in [-0.25, -0.2) is 4.79 Å². The highest BCUT2D eigenvalue weighted by atomic mass is 16.7. The van der Waals surface area contributed by atoms with Crippen LogP contribution < -0.4 is 9.47 Å². The first-order valence-electron chi connectivity index (χ1n) is 17.4. The zero-order valence-corrected chi connectivity index (χ0v) is 29.3. The maximum atomic E-state index is 13.0. The maximum absolute atomic E-state index is 13.0. The summed E-state index contributed by atoms with van der Waals surface area (Å²) >= 11 is 0. The Bertz CT molecular complexity index is 1590. The van der Waals surface area contributed by atoms with Crippen LogP contribution >= 0.6 is 0 Å². The topological polar surface area (TPSA) is 76.0 Å². The minimum absolute atomic E-state index is 0.152. The van der Waals surface area contributed by atoms with Gasteiger partial charge in [-0.2, -0.15) is 0 Å². The molecule has 6 rings (SSSR count). The average molecular weight is 647 g/mol. The van der Waals surface area contributed by atoms with Crippen molar-refractivity contribution < 1.29 is 24.5 Å². The monoisotopic (exact) mass is 646 g/mol. The molecule has 4 unspecified atom stereocenters. The Morgan fingerprint density at radius 3 is 1.10 bits per heavy atom. The number of rotatable bonds is 6. The first-order chi connectivity index (χ1) is 22.7. The van der Waals surface area contributed by atoms with Crippen LogP contribution in [0, 0.1) is 22.7 Å². The van der Waals surface area contributed by atoms with Gasteiger partial charge in [0.1, 0.15) is 23.0 Å². The van der Waals surface area contributed by atoms with E-state index >= 15 is 0 Å². The molecule has 2 aliphatic carbocycles. The van der Waals surface area contributed by atoms with E-state index in [-0.39, 0.29) is 33.2 Å². The summed E-state index contributed by atoms with van der Waals surface area (Å²) in [7, 11) is 0. The third-order valence-corrected chi connectivity index (χ3v) is 10.8. The van der Waals surface area contributed by atoms with Gasteiger partial charge < -0.3 is 19.7 Å². The van der Waals surface area contributed by atoms with Crippen LogP contribution in [0.1, 0.15) is 102 Å². The third kappa shape index (κ3) is 6.97. The molecule has 4 aromatic carbocycles. The van der Waals surface area contributed by atoms with Gasteiger partial charge in [0.15, 0.2) is 0 Å². The zero-order valence-electron chi connectivity index (χ0n) is 29.3. The number of phenolic OH excluding ortho intramolecular Hbond substituents is 2. The molecule has 2 N–H and O–H groups in total. The van der Waals surface area contributed by atoms with E-state index in [1.54, 1.807) is 24.3 Å². The quantitative estimate of drug-likeness (QED) is 0.161. The van der Waals surface area contributed by atoms with Gasteiger partial charge in [0.25, 0.3) is 0 Å². The van der Waals surface area contributed by atoms with Crippen molar-refractivity contribution in [3.63, 3.8) is 0 Å². The number of carbonyl (C=O) groups is 1. The summed E-state index contributed by atoms with van der Waals surface area (Å²) in [6.45, 7) is 14.0. The van der Waals surface area contributed by atoms with Gasteiger partial charge >= 0.3 is 6.16 Å². The Kier molecular flexibility index (Phi) is 8.87. The predicted molar refractivity (Wildman–Crippen MR) is 191 cm³/mol. The molecule has 0 amide bonds. The number of benzene rings is 4. The lowest BCUT2D eigenvalue weighted by atomic mass is 9.55. The SMILES string of the molecule is CC1CC(C)(C)CC(c2ccc(O)cc2)(c2ccc(OC(=O)Oc3ccc(C4(c5ccc(O)cc5)CC(C)CC(C)(C)C4)cc3)cc2)C1. The Balaban J connectivity index is 1.19. The number of hydrogen-bond acceptors (Lipinski definition) is 5. The van der Waals surface area contributed by atoms with Crippen molar-refractivity contribution in [3.8, 4) is 23.0 Å². The fraction of sp³-hybridized carbons (Fsp3) is 0.419. The second-order valence-corrected chi connectivity index (χ2v) is 16.5. The second kappa shape index (κ2) is 12.7. The van der Waals surface area contributed by atoms with Gasteiger partial charge in [-0.15, -0.1) is 0 Å². The molecule has 0 aliphatic heterocycles. The van der Waals surface area contributed by atoms with Crippen molar-refractivity contribution in [3.05, 3.63) is 119 Å². The van der Waals surface area contributed by atoms with Gasteiger partial charge in [-0.1, -0.05) is 90.1 Å². The van der Waals surface area contributed by atoms with Crippen LogP contribution in [-0.4, -0.2) is 16.4 Å². The fourth-order valence-corrected chi connectivity index (χ4v) is 9.81. The summed E-state index contributed by atoms with van der Waals surface area (Å²) in [4.78, 5) is 13.0. The predicted octanol–water partition coefficient (Wildman–Crippen LogP) is 10.9. The summed E-state index contributed by atoms with van der Waals surface area (Å²) < 4.78 is 11.3. The number of carbonyl (C=O) groups excluding carboxylic acids is 1. The maximum Gasteiger partial charge on any atom is 0.519 e. The van der Waals surface area contributed by atoms with E-state index in [2.05, 4.69) is 65.8 Å². The number of ether oxygens (including phenoxy) is 2. The Morgan fingerprint density at radius 1 is 0.521 bits per heavy atom. The molecule has 252 valence electrons. The van der Waals surface area contributed by atoms with E-state index in [1.165, 1.54) is 22.3 Å². The molecule has 5 heteroatoms. The van der Waals surface area contributed by atoms with Crippen molar-refractivity contribution >= 4 is 6.16 Å². The first-order valence-corrected chi connectivity index (χ1v) is 17.4. The molecule has 4 aromatic rings. The molecule has 48 heavy (non-hydrogen) atoms. The van der Waals surface area contributed by atoms with Crippen LogP contribution in [0.2, 0.25) is 0 Å². The highest BCUT2D eigenvalue weighted by Gasteiger charge is 2.46. The Morgan fingerprint density at radius 2 is 0.812 bits per heavy atom. The van der Waals surface area contributed by atoms with Crippen LogP contribution in [0.15, 0.2) is 97.1 Å². The first kappa shape index (κ1) is 33.6. The molecule has 2 aliphatic rings. The number of phenols is 2. The molecule has 0 radical (unpaired) electrons. The van der Waals surface area contributed by atoms with Crippen molar-refractivity contribution in [1.82, 2.24) is 0 Å². The van der Waals surface area contributed by atoms with E-state index < -0.39 is 6.16 Å². The van der Waals surface area contributed by atoms with E-state index in [0.29, 0.717) is 23.3 Å². The fourth-order valence-electron chi connectivity index (χ4n) is 9.81. The summed E-state index contributed by atoms with van der Waals surface area (Å²) in [5.74, 6) is 2.44. The third-order valence-electron chi connectivity index (χ3n) is 10.8. The van der Waals surface area contributed by atoms with Crippen LogP contribution in [0.5, 0.6) is 23.0 Å². The second-order valence-electron chi connectivity index (χ2n) is 16.5. The number of aromatic hydroxyl groups is 2. The highest BCUT2D eigenvalue weighted by Crippen LogP contribution is 2.55. The van der Waals surface area contributed by atoms with Crippen molar-refractivity contribution in [1.29, 1.82) is 0 Å². The molecule has 4 atom stereocenters. The van der Waals surface area contributed by atoms with Gasteiger partial charge in [0.05, 0.1) is 0 Å². The Labute approximate surface area is 286 Å². The summed E-state index contributed by atoms with van der Waals surface area (Å²) in [5.41, 5.74) is 4.61. The largest absolute Gasteiger partial charge is 0.519 e. The molecule has 2 saturated carbocycles. The molecular weight excluding hydrogens is 596 g/mol. The average Bonchev–Trinajstić information content (AvgIpc) is 3.00. The Hall–Kier alpha value is -4.25.